The molecule has 1 aromatic heterocycles. The van der Waals surface area contributed by atoms with Gasteiger partial charge >= 0.3 is 0 Å². The quantitative estimate of drug-likeness (QED) is 0.129. The Morgan fingerprint density at radius 2 is 1.30 bits per heavy atom. The van der Waals surface area contributed by atoms with Gasteiger partial charge in [-0.1, -0.05) is 127 Å². The fourth-order valence-corrected chi connectivity index (χ4v) is 5.97. The average Bonchev–Trinajstić information content (AvgIpc) is 3.06. The number of hydrogen-bond donors (Lipinski definition) is 0. The first-order valence-corrected chi connectivity index (χ1v) is 14.7. The summed E-state index contributed by atoms with van der Waals surface area (Å²) in [5, 5.41) is 0.621. The molecule has 0 saturated carbocycles. The molecule has 0 aliphatic carbocycles. The lowest BCUT2D eigenvalue weighted by Gasteiger charge is -2.25. The van der Waals surface area contributed by atoms with Crippen molar-refractivity contribution in [2.24, 2.45) is 0 Å². The minimum atomic E-state index is -0.133. The smallest absolute Gasteiger partial charge is 0.196 e. The molecule has 5 heteroatoms. The van der Waals surface area contributed by atoms with Gasteiger partial charge in [-0.2, -0.15) is 0 Å². The molecule has 0 fully saturated rings. The lowest BCUT2D eigenvalue weighted by atomic mass is 9.86. The number of aromatic nitrogens is 1. The summed E-state index contributed by atoms with van der Waals surface area (Å²) in [7, 11) is 1.64. The van der Waals surface area contributed by atoms with Crippen LogP contribution in [-0.2, 0) is 6.42 Å². The minimum Gasteiger partial charge on any atom is -0.497 e. The third-order valence-electron chi connectivity index (χ3n) is 7.48. The summed E-state index contributed by atoms with van der Waals surface area (Å²) in [6.07, 6.45) is 0.573. The molecule has 0 unspecified atom stereocenters. The number of benzene rings is 5. The molecule has 43 heavy (non-hydrogen) atoms. The molecule has 0 radical (unpaired) electrons. The second-order valence-corrected chi connectivity index (χ2v) is 11.0. The fraction of sp³-hybridized carbons (Fsp3) is 0.0526. The minimum absolute atomic E-state index is 0.133. The van der Waals surface area contributed by atoms with E-state index in [1.54, 1.807) is 7.11 Å². The van der Waals surface area contributed by atoms with Crippen molar-refractivity contribution in [2.75, 3.05) is 7.11 Å². The molecule has 0 bridgehead atoms. The van der Waals surface area contributed by atoms with Gasteiger partial charge in [-0.25, -0.2) is 0 Å². The van der Waals surface area contributed by atoms with Crippen LogP contribution in [0.1, 0.15) is 27.0 Å². The Bertz CT molecular complexity index is 1940. The Morgan fingerprint density at radius 1 is 0.721 bits per heavy atom. The highest BCUT2D eigenvalue weighted by atomic mass is 35.5. The Kier molecular flexibility index (Phi) is 8.32. The van der Waals surface area contributed by atoms with Crippen LogP contribution in [0.5, 0.6) is 5.75 Å². The van der Waals surface area contributed by atoms with Crippen molar-refractivity contribution in [3.8, 4) is 33.8 Å². The molecule has 0 amide bonds. The standard InChI is InChI=1S/C38H28ClNO2S/c1-42-32-23-21-31(22-24-32)40-36(28-13-7-3-8-14-28)33(25-26-11-5-2-6-12-26)34(27-17-19-30(39)20-18-27)35(38(40)43)37(41)29-15-9-4-10-16-29/h2-24H,25H2,1H3. The Hall–Kier alpha value is -4.77. The van der Waals surface area contributed by atoms with Gasteiger partial charge in [0, 0.05) is 28.3 Å². The van der Waals surface area contributed by atoms with Gasteiger partial charge < -0.3 is 4.74 Å². The Morgan fingerprint density at radius 3 is 1.91 bits per heavy atom. The average molecular weight is 598 g/mol. The molecule has 0 atom stereocenters. The first kappa shape index (κ1) is 28.4. The highest BCUT2D eigenvalue weighted by Gasteiger charge is 2.27. The Balaban J connectivity index is 1.80. The van der Waals surface area contributed by atoms with Gasteiger partial charge in [-0.05, 0) is 58.7 Å². The molecule has 0 aliphatic heterocycles. The predicted molar refractivity (Wildman–Crippen MR) is 178 cm³/mol. The lowest BCUT2D eigenvalue weighted by molar-refractivity contribution is 0.103. The van der Waals surface area contributed by atoms with Crippen LogP contribution >= 0.6 is 23.8 Å². The molecule has 1 heterocycles. The van der Waals surface area contributed by atoms with E-state index in [4.69, 9.17) is 28.6 Å². The molecule has 0 N–H and O–H groups in total. The van der Waals surface area contributed by atoms with E-state index in [0.717, 1.165) is 44.9 Å². The zero-order chi connectivity index (χ0) is 29.8. The molecule has 5 aromatic carbocycles. The van der Waals surface area contributed by atoms with Crippen LogP contribution in [0.15, 0.2) is 140 Å². The maximum atomic E-state index is 14.5. The third-order valence-corrected chi connectivity index (χ3v) is 8.11. The lowest BCUT2D eigenvalue weighted by Crippen LogP contribution is -2.16. The number of ketones is 1. The topological polar surface area (TPSA) is 31.2 Å². The number of hydrogen-bond acceptors (Lipinski definition) is 3. The van der Waals surface area contributed by atoms with E-state index in [1.165, 1.54) is 0 Å². The van der Waals surface area contributed by atoms with Gasteiger partial charge in [0.05, 0.1) is 18.4 Å². The SMILES string of the molecule is COc1ccc(-n2c(-c3ccccc3)c(Cc3ccccc3)c(-c3ccc(Cl)cc3)c(C(=O)c3ccccc3)c2=S)cc1. The summed E-state index contributed by atoms with van der Waals surface area (Å²) in [6.45, 7) is 0. The fourth-order valence-electron chi connectivity index (χ4n) is 5.45. The van der Waals surface area contributed by atoms with Gasteiger partial charge in [0.2, 0.25) is 0 Å². The van der Waals surface area contributed by atoms with Crippen molar-refractivity contribution in [1.29, 1.82) is 0 Å². The number of methoxy groups -OCH3 is 1. The van der Waals surface area contributed by atoms with Crippen LogP contribution in [0.25, 0.3) is 28.1 Å². The highest BCUT2D eigenvalue weighted by molar-refractivity contribution is 7.71. The van der Waals surface area contributed by atoms with E-state index in [1.807, 2.05) is 120 Å². The summed E-state index contributed by atoms with van der Waals surface area (Å²) in [5.74, 6) is 0.603. The second kappa shape index (κ2) is 12.6. The highest BCUT2D eigenvalue weighted by Crippen LogP contribution is 2.40. The third kappa shape index (κ3) is 5.80. The number of ether oxygens (including phenoxy) is 1. The van der Waals surface area contributed by atoms with Gasteiger partial charge in [0.15, 0.2) is 5.78 Å². The van der Waals surface area contributed by atoms with E-state index in [2.05, 4.69) is 24.3 Å². The molecule has 6 rings (SSSR count). The van der Waals surface area contributed by atoms with E-state index >= 15 is 0 Å². The zero-order valence-corrected chi connectivity index (χ0v) is 25.1. The van der Waals surface area contributed by atoms with Crippen molar-refractivity contribution in [3.63, 3.8) is 0 Å². The van der Waals surface area contributed by atoms with Crippen molar-refractivity contribution in [1.82, 2.24) is 4.57 Å². The van der Waals surface area contributed by atoms with Crippen molar-refractivity contribution < 1.29 is 9.53 Å². The number of halogens is 1. The summed E-state index contributed by atoms with van der Waals surface area (Å²) in [6, 6.07) is 45.3. The van der Waals surface area contributed by atoms with Gasteiger partial charge in [0.25, 0.3) is 0 Å². The normalized spacial score (nSPS) is 10.8. The van der Waals surface area contributed by atoms with Crippen molar-refractivity contribution in [3.05, 3.63) is 171 Å². The van der Waals surface area contributed by atoms with Crippen LogP contribution in [-0.4, -0.2) is 17.5 Å². The van der Waals surface area contributed by atoms with Crippen LogP contribution in [0, 0.1) is 4.64 Å². The monoisotopic (exact) mass is 597 g/mol. The molecule has 3 nitrogen and oxygen atoms in total. The van der Waals surface area contributed by atoms with Crippen molar-refractivity contribution >= 4 is 29.6 Å². The van der Waals surface area contributed by atoms with Crippen LogP contribution in [0.3, 0.4) is 0 Å². The molecule has 6 aromatic rings. The van der Waals surface area contributed by atoms with E-state index < -0.39 is 0 Å². The van der Waals surface area contributed by atoms with Gasteiger partial charge in [-0.15, -0.1) is 0 Å². The second-order valence-electron chi connectivity index (χ2n) is 10.1. The molecule has 0 spiro atoms. The first-order valence-electron chi connectivity index (χ1n) is 14.0. The van der Waals surface area contributed by atoms with Crippen molar-refractivity contribution in [2.45, 2.75) is 6.42 Å². The summed E-state index contributed by atoms with van der Waals surface area (Å²) in [5.41, 5.74) is 7.59. The van der Waals surface area contributed by atoms with Crippen LogP contribution in [0.4, 0.5) is 0 Å². The maximum Gasteiger partial charge on any atom is 0.196 e. The summed E-state index contributed by atoms with van der Waals surface area (Å²) >= 11 is 12.7. The molecular weight excluding hydrogens is 570 g/mol. The Labute approximate surface area is 261 Å². The predicted octanol–water partition coefficient (Wildman–Crippen LogP) is 10.0. The van der Waals surface area contributed by atoms with Crippen LogP contribution < -0.4 is 4.74 Å². The van der Waals surface area contributed by atoms with Gasteiger partial charge in [-0.3, -0.25) is 9.36 Å². The first-order chi connectivity index (χ1) is 21.0. The number of nitrogens with zero attached hydrogens (tertiary/aromatic N) is 1. The molecular formula is C38H28ClNO2S. The largest absolute Gasteiger partial charge is 0.497 e. The van der Waals surface area contributed by atoms with E-state index in [-0.39, 0.29) is 5.78 Å². The van der Waals surface area contributed by atoms with E-state index in [0.29, 0.717) is 27.2 Å². The number of carbonyl (C=O) groups is 1. The number of pyridine rings is 1. The van der Waals surface area contributed by atoms with Gasteiger partial charge in [0.1, 0.15) is 10.4 Å². The number of carbonyl (C=O) groups excluding carboxylic acids is 1. The number of rotatable bonds is 8. The maximum absolute atomic E-state index is 14.5. The molecule has 0 saturated heterocycles. The zero-order valence-electron chi connectivity index (χ0n) is 23.5. The van der Waals surface area contributed by atoms with E-state index in [9.17, 15) is 4.79 Å². The molecule has 0 aliphatic rings. The van der Waals surface area contributed by atoms with Crippen LogP contribution in [0.2, 0.25) is 5.02 Å². The molecule has 210 valence electrons. The summed E-state index contributed by atoms with van der Waals surface area (Å²) < 4.78 is 7.93. The summed E-state index contributed by atoms with van der Waals surface area (Å²) in [4.78, 5) is 14.5.